The zero-order valence-corrected chi connectivity index (χ0v) is 15.5. The fourth-order valence-electron chi connectivity index (χ4n) is 6.11. The third-order valence-corrected chi connectivity index (χ3v) is 6.88. The minimum absolute atomic E-state index is 0.0799. The van der Waals surface area contributed by atoms with Crippen molar-refractivity contribution < 1.29 is 9.59 Å². The van der Waals surface area contributed by atoms with Crippen LogP contribution in [0.5, 0.6) is 0 Å². The second-order valence-corrected chi connectivity index (χ2v) is 8.92. The lowest BCUT2D eigenvalue weighted by Gasteiger charge is -2.55. The maximum Gasteiger partial charge on any atom is 0.226 e. The average Bonchev–Trinajstić information content (AvgIpc) is 3.08. The second kappa shape index (κ2) is 6.36. The van der Waals surface area contributed by atoms with Crippen LogP contribution in [-0.2, 0) is 9.59 Å². The number of carbonyl (C=O) groups excluding carboxylic acids is 2. The molecule has 0 spiro atoms. The predicted molar refractivity (Wildman–Crippen MR) is 103 cm³/mol. The fraction of sp³-hybridized carbons (Fsp3) is 0.571. The van der Waals surface area contributed by atoms with Gasteiger partial charge in [-0.1, -0.05) is 0 Å². The van der Waals surface area contributed by atoms with E-state index in [-0.39, 0.29) is 17.2 Å². The average molecular weight is 366 g/mol. The molecule has 0 aliphatic heterocycles. The summed E-state index contributed by atoms with van der Waals surface area (Å²) in [6, 6.07) is 5.64. The Morgan fingerprint density at radius 3 is 2.52 bits per heavy atom. The summed E-state index contributed by atoms with van der Waals surface area (Å²) in [5.41, 5.74) is 1.55. The summed E-state index contributed by atoms with van der Waals surface area (Å²) >= 11 is 0. The number of H-pyrrole nitrogens is 1. The maximum absolute atomic E-state index is 12.9. The zero-order valence-electron chi connectivity index (χ0n) is 15.5. The molecular formula is C21H26N4O2. The molecule has 0 unspecified atom stereocenters. The van der Waals surface area contributed by atoms with Gasteiger partial charge >= 0.3 is 0 Å². The van der Waals surface area contributed by atoms with Crippen LogP contribution in [0.2, 0.25) is 0 Å². The largest absolute Gasteiger partial charge is 0.355 e. The number of aromatic nitrogens is 2. The molecule has 1 aromatic heterocycles. The first kappa shape index (κ1) is 16.8. The number of fused-ring (bicyclic) bond motifs is 1. The maximum atomic E-state index is 12.9. The molecule has 4 saturated carbocycles. The molecule has 27 heavy (non-hydrogen) atoms. The Balaban J connectivity index is 1.14. The van der Waals surface area contributed by atoms with Crippen LogP contribution in [0.4, 0.5) is 5.69 Å². The van der Waals surface area contributed by atoms with Crippen molar-refractivity contribution in [3.8, 4) is 0 Å². The fourth-order valence-corrected chi connectivity index (χ4v) is 6.11. The van der Waals surface area contributed by atoms with Crippen LogP contribution >= 0.6 is 0 Å². The number of hydrogen-bond acceptors (Lipinski definition) is 3. The van der Waals surface area contributed by atoms with Crippen molar-refractivity contribution in [3.63, 3.8) is 0 Å². The minimum Gasteiger partial charge on any atom is -0.355 e. The van der Waals surface area contributed by atoms with Gasteiger partial charge in [-0.05, 0) is 74.5 Å². The Labute approximate surface area is 158 Å². The topological polar surface area (TPSA) is 86.9 Å². The number of hydrogen-bond donors (Lipinski definition) is 3. The highest BCUT2D eigenvalue weighted by molar-refractivity contribution is 5.94. The van der Waals surface area contributed by atoms with E-state index in [0.717, 1.165) is 53.6 Å². The van der Waals surface area contributed by atoms with Crippen molar-refractivity contribution in [1.29, 1.82) is 0 Å². The monoisotopic (exact) mass is 366 g/mol. The molecule has 0 saturated heterocycles. The van der Waals surface area contributed by atoms with Gasteiger partial charge in [-0.2, -0.15) is 5.10 Å². The first-order valence-corrected chi connectivity index (χ1v) is 10.1. The molecule has 2 amide bonds. The number of anilines is 1. The molecule has 0 atom stereocenters. The number of nitrogens with one attached hydrogen (secondary N) is 3. The number of nitrogens with zero attached hydrogens (tertiary/aromatic N) is 1. The molecule has 1 aromatic carbocycles. The van der Waals surface area contributed by atoms with Gasteiger partial charge in [0.25, 0.3) is 0 Å². The molecule has 3 N–H and O–H groups in total. The van der Waals surface area contributed by atoms with Gasteiger partial charge in [0.2, 0.25) is 11.8 Å². The van der Waals surface area contributed by atoms with E-state index < -0.39 is 0 Å². The molecule has 6 heteroatoms. The highest BCUT2D eigenvalue weighted by Gasteiger charge is 2.54. The van der Waals surface area contributed by atoms with E-state index in [2.05, 4.69) is 20.8 Å². The smallest absolute Gasteiger partial charge is 0.226 e. The number of benzene rings is 1. The van der Waals surface area contributed by atoms with Crippen molar-refractivity contribution in [2.45, 2.75) is 44.9 Å². The number of aromatic amines is 1. The van der Waals surface area contributed by atoms with Gasteiger partial charge in [-0.3, -0.25) is 14.7 Å². The molecule has 4 bridgehead atoms. The van der Waals surface area contributed by atoms with E-state index in [0.29, 0.717) is 13.0 Å². The summed E-state index contributed by atoms with van der Waals surface area (Å²) in [6.45, 7) is 0.403. The van der Waals surface area contributed by atoms with Crippen molar-refractivity contribution in [1.82, 2.24) is 15.5 Å². The van der Waals surface area contributed by atoms with Crippen molar-refractivity contribution in [2.75, 3.05) is 11.9 Å². The minimum atomic E-state index is -0.141. The third kappa shape index (κ3) is 3.11. The normalized spacial score (nSPS) is 31.2. The molecule has 6 nitrogen and oxygen atoms in total. The van der Waals surface area contributed by atoms with Gasteiger partial charge < -0.3 is 10.6 Å². The van der Waals surface area contributed by atoms with Crippen LogP contribution in [0.3, 0.4) is 0 Å². The molecule has 2 aromatic rings. The van der Waals surface area contributed by atoms with Crippen LogP contribution in [-0.4, -0.2) is 28.6 Å². The summed E-state index contributed by atoms with van der Waals surface area (Å²) in [6.07, 6.45) is 9.19. The Hall–Kier alpha value is -2.37. The summed E-state index contributed by atoms with van der Waals surface area (Å²) in [5.74, 6) is 2.37. The molecule has 4 fully saturated rings. The molecule has 6 rings (SSSR count). The first-order chi connectivity index (χ1) is 13.1. The van der Waals surface area contributed by atoms with E-state index in [1.807, 2.05) is 18.2 Å². The lowest BCUT2D eigenvalue weighted by Crippen LogP contribution is -2.53. The quantitative estimate of drug-likeness (QED) is 0.759. The van der Waals surface area contributed by atoms with E-state index in [1.54, 1.807) is 6.20 Å². The van der Waals surface area contributed by atoms with E-state index in [9.17, 15) is 9.59 Å². The van der Waals surface area contributed by atoms with Crippen LogP contribution in [0.25, 0.3) is 10.9 Å². The third-order valence-electron chi connectivity index (χ3n) is 6.88. The summed E-state index contributed by atoms with van der Waals surface area (Å²) < 4.78 is 0. The number of carbonyl (C=O) groups is 2. The van der Waals surface area contributed by atoms with Gasteiger partial charge in [-0.15, -0.1) is 0 Å². The van der Waals surface area contributed by atoms with E-state index >= 15 is 0 Å². The lowest BCUT2D eigenvalue weighted by atomic mass is 9.49. The zero-order chi connectivity index (χ0) is 18.4. The molecular weight excluding hydrogens is 340 g/mol. The van der Waals surface area contributed by atoms with E-state index in [1.165, 1.54) is 19.3 Å². The summed E-state index contributed by atoms with van der Waals surface area (Å²) in [5, 5.41) is 13.8. The SMILES string of the molecule is O=C(CCNC(=O)C12CC3CC(CC(C3)C1)C2)Nc1ccc2[nH]ncc2c1. The number of amides is 2. The molecule has 4 aliphatic carbocycles. The predicted octanol–water partition coefficient (Wildman–Crippen LogP) is 3.22. The van der Waals surface area contributed by atoms with Crippen LogP contribution < -0.4 is 10.6 Å². The Morgan fingerprint density at radius 1 is 1.11 bits per heavy atom. The van der Waals surface area contributed by atoms with Crippen molar-refractivity contribution in [2.24, 2.45) is 23.2 Å². The molecule has 0 radical (unpaired) electrons. The Bertz CT molecular complexity index is 852. The van der Waals surface area contributed by atoms with E-state index in [4.69, 9.17) is 0 Å². The van der Waals surface area contributed by atoms with Gasteiger partial charge in [0.1, 0.15) is 0 Å². The Morgan fingerprint density at radius 2 is 1.81 bits per heavy atom. The second-order valence-electron chi connectivity index (χ2n) is 8.92. The lowest BCUT2D eigenvalue weighted by molar-refractivity contribution is -0.146. The van der Waals surface area contributed by atoms with Crippen LogP contribution in [0.1, 0.15) is 44.9 Å². The van der Waals surface area contributed by atoms with Gasteiger partial charge in [0, 0.05) is 29.5 Å². The standard InChI is InChI=1S/C21H26N4O2/c26-19(24-17-1-2-18-16(8-17)12-23-25-18)3-4-22-20(27)21-9-13-5-14(10-21)7-15(6-13)11-21/h1-2,8,12-15H,3-7,9-11H2,(H,22,27)(H,23,25)(H,24,26). The van der Waals surface area contributed by atoms with Crippen LogP contribution in [0, 0.1) is 23.2 Å². The van der Waals surface area contributed by atoms with Gasteiger partial charge in [-0.25, -0.2) is 0 Å². The number of rotatable bonds is 5. The molecule has 142 valence electrons. The first-order valence-electron chi connectivity index (χ1n) is 10.1. The van der Waals surface area contributed by atoms with Crippen molar-refractivity contribution in [3.05, 3.63) is 24.4 Å². The highest BCUT2D eigenvalue weighted by Crippen LogP contribution is 2.60. The summed E-state index contributed by atoms with van der Waals surface area (Å²) in [7, 11) is 0. The highest BCUT2D eigenvalue weighted by atomic mass is 16.2. The van der Waals surface area contributed by atoms with Gasteiger partial charge in [0.05, 0.1) is 11.7 Å². The molecule has 1 heterocycles. The Kier molecular flexibility index (Phi) is 3.95. The van der Waals surface area contributed by atoms with Crippen LogP contribution in [0.15, 0.2) is 24.4 Å². The summed E-state index contributed by atoms with van der Waals surface area (Å²) in [4.78, 5) is 25.1. The van der Waals surface area contributed by atoms with Crippen molar-refractivity contribution >= 4 is 28.4 Å². The van der Waals surface area contributed by atoms with Gasteiger partial charge in [0.15, 0.2) is 0 Å². The molecule has 4 aliphatic rings.